The molecule has 96 valence electrons. The van der Waals surface area contributed by atoms with E-state index in [1.807, 2.05) is 43.3 Å². The summed E-state index contributed by atoms with van der Waals surface area (Å²) in [7, 11) is 0. The summed E-state index contributed by atoms with van der Waals surface area (Å²) in [6.45, 7) is 2.02. The van der Waals surface area contributed by atoms with E-state index in [0.717, 1.165) is 22.2 Å². The summed E-state index contributed by atoms with van der Waals surface area (Å²) in [5.41, 5.74) is 2.87. The first-order valence-electron chi connectivity index (χ1n) is 6.21. The number of fused-ring (bicyclic) bond motifs is 1. The maximum Gasteiger partial charge on any atom is 0.120 e. The van der Waals surface area contributed by atoms with Crippen molar-refractivity contribution < 1.29 is 5.11 Å². The third-order valence-corrected chi connectivity index (χ3v) is 3.23. The van der Waals surface area contributed by atoms with Crippen LogP contribution in [-0.2, 0) is 0 Å². The van der Waals surface area contributed by atoms with Crippen LogP contribution in [-0.4, -0.2) is 15.3 Å². The van der Waals surface area contributed by atoms with E-state index in [1.165, 1.54) is 0 Å². The number of phenols is 1. The van der Waals surface area contributed by atoms with Crippen LogP contribution < -0.4 is 5.32 Å². The first-order valence-corrected chi connectivity index (χ1v) is 6.21. The fourth-order valence-corrected chi connectivity index (χ4v) is 2.21. The lowest BCUT2D eigenvalue weighted by molar-refractivity contribution is 0.465. The minimum atomic E-state index is 0.0292. The molecular weight excluding hydrogens is 238 g/mol. The summed E-state index contributed by atoms with van der Waals surface area (Å²) in [6, 6.07) is 13.4. The highest BCUT2D eigenvalue weighted by Crippen LogP contribution is 2.27. The monoisotopic (exact) mass is 253 g/mol. The van der Waals surface area contributed by atoms with Crippen LogP contribution >= 0.6 is 0 Å². The summed E-state index contributed by atoms with van der Waals surface area (Å²) in [5.74, 6) is 0.310. The van der Waals surface area contributed by atoms with E-state index in [1.54, 1.807) is 12.3 Å². The maximum absolute atomic E-state index is 9.84. The van der Waals surface area contributed by atoms with Gasteiger partial charge in [0, 0.05) is 16.6 Å². The van der Waals surface area contributed by atoms with Gasteiger partial charge >= 0.3 is 0 Å². The van der Waals surface area contributed by atoms with Gasteiger partial charge in [-0.25, -0.2) is 0 Å². The van der Waals surface area contributed by atoms with E-state index >= 15 is 0 Å². The Morgan fingerprint density at radius 1 is 1.21 bits per heavy atom. The Balaban J connectivity index is 1.86. The Labute approximate surface area is 111 Å². The van der Waals surface area contributed by atoms with Crippen LogP contribution in [0.15, 0.2) is 48.7 Å². The molecule has 0 spiro atoms. The van der Waals surface area contributed by atoms with Crippen LogP contribution in [0.25, 0.3) is 10.9 Å². The average Bonchev–Trinajstić information content (AvgIpc) is 2.86. The quantitative estimate of drug-likeness (QED) is 0.670. The van der Waals surface area contributed by atoms with Crippen LogP contribution in [0.5, 0.6) is 5.75 Å². The van der Waals surface area contributed by atoms with E-state index in [9.17, 15) is 5.11 Å². The number of benzene rings is 2. The van der Waals surface area contributed by atoms with Crippen LogP contribution in [0.4, 0.5) is 5.69 Å². The van der Waals surface area contributed by atoms with Crippen molar-refractivity contribution in [2.45, 2.75) is 13.0 Å². The van der Waals surface area contributed by atoms with Gasteiger partial charge in [0.05, 0.1) is 17.8 Å². The third-order valence-electron chi connectivity index (χ3n) is 3.23. The lowest BCUT2D eigenvalue weighted by Crippen LogP contribution is -2.06. The predicted octanol–water partition coefficient (Wildman–Crippen LogP) is 3.44. The Bertz CT molecular complexity index is 705. The number of H-pyrrole nitrogens is 1. The fourth-order valence-electron chi connectivity index (χ4n) is 2.21. The number of hydrogen-bond donors (Lipinski definition) is 3. The van der Waals surface area contributed by atoms with Crippen molar-refractivity contribution in [1.82, 2.24) is 10.2 Å². The molecular formula is C15H15N3O. The van der Waals surface area contributed by atoms with Gasteiger partial charge < -0.3 is 10.4 Å². The molecule has 0 aliphatic carbocycles. The molecule has 4 nitrogen and oxygen atoms in total. The molecule has 0 bridgehead atoms. The van der Waals surface area contributed by atoms with Gasteiger partial charge in [-0.15, -0.1) is 0 Å². The number of nitrogens with one attached hydrogen (secondary N) is 2. The average molecular weight is 253 g/mol. The molecule has 3 aromatic rings. The molecule has 1 atom stereocenters. The minimum Gasteiger partial charge on any atom is -0.508 e. The van der Waals surface area contributed by atoms with Gasteiger partial charge in [0.25, 0.3) is 0 Å². The number of rotatable bonds is 3. The number of aromatic nitrogens is 2. The molecule has 19 heavy (non-hydrogen) atoms. The topological polar surface area (TPSA) is 60.9 Å². The normalized spacial score (nSPS) is 12.5. The first kappa shape index (κ1) is 11.6. The van der Waals surface area contributed by atoms with Crippen molar-refractivity contribution in [3.05, 3.63) is 54.2 Å². The Hall–Kier alpha value is -2.49. The van der Waals surface area contributed by atoms with Crippen molar-refractivity contribution in [3.63, 3.8) is 0 Å². The highest BCUT2D eigenvalue weighted by atomic mass is 16.3. The minimum absolute atomic E-state index is 0.0292. The highest BCUT2D eigenvalue weighted by Gasteiger charge is 2.09. The van der Waals surface area contributed by atoms with Crippen molar-refractivity contribution in [2.24, 2.45) is 0 Å². The zero-order valence-electron chi connectivity index (χ0n) is 10.6. The number of aromatic hydroxyl groups is 1. The number of anilines is 1. The van der Waals surface area contributed by atoms with E-state index in [0.29, 0.717) is 5.75 Å². The summed E-state index contributed by atoms with van der Waals surface area (Å²) in [6.07, 6.45) is 1.80. The second-order valence-electron chi connectivity index (χ2n) is 4.60. The van der Waals surface area contributed by atoms with E-state index < -0.39 is 0 Å². The zero-order chi connectivity index (χ0) is 13.2. The number of nitrogens with zero attached hydrogens (tertiary/aromatic N) is 1. The zero-order valence-corrected chi connectivity index (χ0v) is 10.6. The van der Waals surface area contributed by atoms with E-state index in [2.05, 4.69) is 15.5 Å². The molecule has 0 saturated carbocycles. The molecule has 0 amide bonds. The second-order valence-corrected chi connectivity index (χ2v) is 4.60. The lowest BCUT2D eigenvalue weighted by Gasteiger charge is -2.16. The molecule has 4 heteroatoms. The van der Waals surface area contributed by atoms with Gasteiger partial charge in [0.15, 0.2) is 0 Å². The standard InChI is InChI=1S/C15H15N3O/c1-10(13-4-2-3-5-15(13)19)17-12-7-6-11-9-16-18-14(11)8-12/h2-10,17,19H,1H3,(H,16,18). The maximum atomic E-state index is 9.84. The molecule has 1 unspecified atom stereocenters. The third kappa shape index (κ3) is 2.25. The van der Waals surface area contributed by atoms with Gasteiger partial charge in [0.1, 0.15) is 5.75 Å². The Kier molecular flexibility index (Phi) is 2.83. The summed E-state index contributed by atoms with van der Waals surface area (Å²) in [4.78, 5) is 0. The van der Waals surface area contributed by atoms with E-state index in [4.69, 9.17) is 0 Å². The highest BCUT2D eigenvalue weighted by molar-refractivity contribution is 5.81. The molecule has 3 rings (SSSR count). The first-order chi connectivity index (χ1) is 9.24. The Morgan fingerprint density at radius 2 is 2.05 bits per heavy atom. The molecule has 1 heterocycles. The molecule has 2 aromatic carbocycles. The van der Waals surface area contributed by atoms with E-state index in [-0.39, 0.29) is 6.04 Å². The molecule has 0 radical (unpaired) electrons. The van der Waals surface area contributed by atoms with Crippen molar-refractivity contribution in [2.75, 3.05) is 5.32 Å². The Morgan fingerprint density at radius 3 is 2.89 bits per heavy atom. The predicted molar refractivity (Wildman–Crippen MR) is 76.2 cm³/mol. The number of hydrogen-bond acceptors (Lipinski definition) is 3. The largest absolute Gasteiger partial charge is 0.508 e. The fraction of sp³-hybridized carbons (Fsp3) is 0.133. The lowest BCUT2D eigenvalue weighted by atomic mass is 10.1. The molecule has 0 aliphatic rings. The number of para-hydroxylation sites is 1. The van der Waals surface area contributed by atoms with Crippen LogP contribution in [0.2, 0.25) is 0 Å². The second kappa shape index (κ2) is 4.65. The van der Waals surface area contributed by atoms with Gasteiger partial charge in [-0.1, -0.05) is 18.2 Å². The molecule has 3 N–H and O–H groups in total. The van der Waals surface area contributed by atoms with Crippen LogP contribution in [0, 0.1) is 0 Å². The SMILES string of the molecule is CC(Nc1ccc2cn[nH]c2c1)c1ccccc1O. The van der Waals surface area contributed by atoms with Crippen molar-refractivity contribution >= 4 is 16.6 Å². The summed E-state index contributed by atoms with van der Waals surface area (Å²) < 4.78 is 0. The van der Waals surface area contributed by atoms with Crippen molar-refractivity contribution in [3.8, 4) is 5.75 Å². The smallest absolute Gasteiger partial charge is 0.120 e. The van der Waals surface area contributed by atoms with Crippen LogP contribution in [0.1, 0.15) is 18.5 Å². The van der Waals surface area contributed by atoms with Gasteiger partial charge in [-0.05, 0) is 31.2 Å². The molecule has 0 aliphatic heterocycles. The van der Waals surface area contributed by atoms with Gasteiger partial charge in [0.2, 0.25) is 0 Å². The number of phenolic OH excluding ortho intramolecular Hbond substituents is 1. The van der Waals surface area contributed by atoms with Gasteiger partial charge in [-0.3, -0.25) is 5.10 Å². The summed E-state index contributed by atoms with van der Waals surface area (Å²) in [5, 5.41) is 21.2. The number of aromatic amines is 1. The molecule has 1 aromatic heterocycles. The van der Waals surface area contributed by atoms with Crippen molar-refractivity contribution in [1.29, 1.82) is 0 Å². The summed E-state index contributed by atoms with van der Waals surface area (Å²) >= 11 is 0. The molecule has 0 fully saturated rings. The van der Waals surface area contributed by atoms with Gasteiger partial charge in [-0.2, -0.15) is 5.10 Å². The van der Waals surface area contributed by atoms with Crippen LogP contribution in [0.3, 0.4) is 0 Å². The molecule has 0 saturated heterocycles.